The Labute approximate surface area is 228 Å². The predicted octanol–water partition coefficient (Wildman–Crippen LogP) is 3.01. The highest BCUT2D eigenvalue weighted by molar-refractivity contribution is 7.07. The molecule has 11 heteroatoms. The Balaban J connectivity index is 1.56. The fourth-order valence-electron chi connectivity index (χ4n) is 4.89. The molecule has 10 nitrogen and oxygen atoms in total. The topological polar surface area (TPSA) is 111 Å². The summed E-state index contributed by atoms with van der Waals surface area (Å²) >= 11 is 1.13. The third-order valence-electron chi connectivity index (χ3n) is 6.81. The second kappa shape index (κ2) is 12.2. The number of amides is 3. The third kappa shape index (κ3) is 7.08. The lowest BCUT2D eigenvalue weighted by Crippen LogP contribution is -2.35. The van der Waals surface area contributed by atoms with Crippen LogP contribution in [0.2, 0.25) is 0 Å². The lowest BCUT2D eigenvalue weighted by Gasteiger charge is -2.27. The summed E-state index contributed by atoms with van der Waals surface area (Å²) in [5.41, 5.74) is 2.57. The van der Waals surface area contributed by atoms with Crippen molar-refractivity contribution in [3.8, 4) is 0 Å². The maximum Gasteiger partial charge on any atom is 0.267 e. The Bertz CT molecular complexity index is 1150. The van der Waals surface area contributed by atoms with Crippen LogP contribution in [0.3, 0.4) is 0 Å². The van der Waals surface area contributed by atoms with E-state index in [2.05, 4.69) is 25.1 Å². The van der Waals surface area contributed by atoms with Crippen molar-refractivity contribution in [1.82, 2.24) is 24.7 Å². The second-order valence-electron chi connectivity index (χ2n) is 11.2. The highest BCUT2D eigenvalue weighted by Crippen LogP contribution is 2.30. The summed E-state index contributed by atoms with van der Waals surface area (Å²) in [6, 6.07) is 5.61. The zero-order chi connectivity index (χ0) is 27.3. The zero-order valence-electron chi connectivity index (χ0n) is 22.9. The van der Waals surface area contributed by atoms with Gasteiger partial charge in [-0.15, -0.1) is 5.10 Å². The number of aryl methyl sites for hydroxylation is 1. The summed E-state index contributed by atoms with van der Waals surface area (Å²) < 4.78 is 3.91. The van der Waals surface area contributed by atoms with Gasteiger partial charge in [0.1, 0.15) is 4.88 Å². The molecule has 1 aromatic carbocycles. The second-order valence-corrected chi connectivity index (χ2v) is 12.0. The molecule has 2 saturated heterocycles. The number of carbonyl (C=O) groups excluding carboxylic acids is 3. The molecule has 206 valence electrons. The lowest BCUT2D eigenvalue weighted by atomic mass is 9.92. The van der Waals surface area contributed by atoms with E-state index in [9.17, 15) is 14.4 Å². The van der Waals surface area contributed by atoms with E-state index in [1.807, 2.05) is 48.8 Å². The molecule has 0 aliphatic carbocycles. The molecule has 2 aromatic rings. The van der Waals surface area contributed by atoms with Crippen LogP contribution in [0.1, 0.15) is 65.8 Å². The quantitative estimate of drug-likeness (QED) is 0.599. The van der Waals surface area contributed by atoms with Gasteiger partial charge in [-0.05, 0) is 61.5 Å². The fourth-order valence-corrected chi connectivity index (χ4v) is 5.51. The van der Waals surface area contributed by atoms with E-state index >= 15 is 0 Å². The Kier molecular flexibility index (Phi) is 8.99. The maximum atomic E-state index is 13.3. The van der Waals surface area contributed by atoms with E-state index in [0.29, 0.717) is 61.0 Å². The summed E-state index contributed by atoms with van der Waals surface area (Å²) in [5, 5.41) is 10.4. The van der Waals surface area contributed by atoms with E-state index < -0.39 is 0 Å². The van der Waals surface area contributed by atoms with Gasteiger partial charge in [-0.2, -0.15) is 0 Å². The molecule has 2 aliphatic rings. The van der Waals surface area contributed by atoms with Gasteiger partial charge in [0, 0.05) is 57.8 Å². The lowest BCUT2D eigenvalue weighted by molar-refractivity contribution is -0.117. The van der Waals surface area contributed by atoms with Crippen LogP contribution in [0.15, 0.2) is 18.2 Å². The summed E-state index contributed by atoms with van der Waals surface area (Å²) in [5.74, 6) is -0.138. The molecule has 38 heavy (non-hydrogen) atoms. The minimum absolute atomic E-state index is 0.0206. The minimum Gasteiger partial charge on any atom is -0.368 e. The highest BCUT2D eigenvalue weighted by atomic mass is 32.1. The number of anilines is 2. The molecule has 2 N–H and O–H groups in total. The van der Waals surface area contributed by atoms with Gasteiger partial charge in [0.15, 0.2) is 0 Å². The van der Waals surface area contributed by atoms with E-state index in [1.54, 1.807) is 6.92 Å². The largest absolute Gasteiger partial charge is 0.368 e. The first-order valence-electron chi connectivity index (χ1n) is 13.4. The molecule has 0 atom stereocenters. The molecule has 3 heterocycles. The van der Waals surface area contributed by atoms with Gasteiger partial charge in [0.05, 0.1) is 17.1 Å². The molecule has 4 rings (SSSR count). The van der Waals surface area contributed by atoms with Gasteiger partial charge >= 0.3 is 0 Å². The van der Waals surface area contributed by atoms with Gasteiger partial charge < -0.3 is 25.3 Å². The SMILES string of the molecule is Cc1nnsc1C(=O)N1CCCN(c2ccc(C(=O)N3CCCNCC3)cc2NC(=O)CC(C)(C)C)CC1. The molecular weight excluding hydrogens is 502 g/mol. The highest BCUT2D eigenvalue weighted by Gasteiger charge is 2.26. The molecule has 0 radical (unpaired) electrons. The summed E-state index contributed by atoms with van der Waals surface area (Å²) in [6.45, 7) is 13.5. The van der Waals surface area contributed by atoms with Crippen molar-refractivity contribution < 1.29 is 14.4 Å². The first kappa shape index (κ1) is 28.0. The van der Waals surface area contributed by atoms with E-state index in [0.717, 1.165) is 49.7 Å². The first-order chi connectivity index (χ1) is 18.1. The van der Waals surface area contributed by atoms with Crippen LogP contribution < -0.4 is 15.5 Å². The van der Waals surface area contributed by atoms with Crippen molar-refractivity contribution in [2.24, 2.45) is 5.41 Å². The fraction of sp³-hybridized carbons (Fsp3) is 0.593. The maximum absolute atomic E-state index is 13.3. The van der Waals surface area contributed by atoms with Crippen LogP contribution in [0, 0.1) is 12.3 Å². The monoisotopic (exact) mass is 541 g/mol. The van der Waals surface area contributed by atoms with Crippen LogP contribution >= 0.6 is 11.5 Å². The average molecular weight is 542 g/mol. The van der Waals surface area contributed by atoms with Crippen molar-refractivity contribution in [1.29, 1.82) is 0 Å². The van der Waals surface area contributed by atoms with Crippen LogP contribution in [0.4, 0.5) is 11.4 Å². The normalized spacial score (nSPS) is 17.1. The average Bonchev–Trinajstić information content (AvgIpc) is 3.06. The van der Waals surface area contributed by atoms with Crippen molar-refractivity contribution >= 4 is 40.6 Å². The number of hydrogen-bond acceptors (Lipinski definition) is 8. The number of benzene rings is 1. The standard InChI is InChI=1S/C27H39N7O3S/c1-19-24(38-31-30-19)26(37)34-13-6-12-32(15-16-34)22-8-7-20(25(36)33-11-5-9-28-10-14-33)17-21(22)29-23(35)18-27(2,3)4/h7-8,17,28H,5-6,9-16,18H2,1-4H3,(H,29,35). The Morgan fingerprint density at radius 3 is 2.47 bits per heavy atom. The number of carbonyl (C=O) groups is 3. The molecule has 0 saturated carbocycles. The van der Waals surface area contributed by atoms with Crippen molar-refractivity contribution in [2.45, 2.75) is 47.0 Å². The molecule has 2 fully saturated rings. The number of rotatable bonds is 5. The minimum atomic E-state index is -0.163. The molecule has 0 spiro atoms. The van der Waals surface area contributed by atoms with Gasteiger partial charge in [0.25, 0.3) is 11.8 Å². The van der Waals surface area contributed by atoms with E-state index in [4.69, 9.17) is 0 Å². The van der Waals surface area contributed by atoms with Crippen LogP contribution in [-0.4, -0.2) is 89.5 Å². The van der Waals surface area contributed by atoms with E-state index in [1.165, 1.54) is 0 Å². The summed E-state index contributed by atoms with van der Waals surface area (Å²) in [6.07, 6.45) is 2.07. The van der Waals surface area contributed by atoms with Crippen LogP contribution in [-0.2, 0) is 4.79 Å². The Morgan fingerprint density at radius 2 is 1.74 bits per heavy atom. The Hall–Kier alpha value is -3.05. The first-order valence-corrected chi connectivity index (χ1v) is 14.2. The van der Waals surface area contributed by atoms with Gasteiger partial charge in [0.2, 0.25) is 5.91 Å². The summed E-state index contributed by atoms with van der Waals surface area (Å²) in [4.78, 5) is 45.9. The van der Waals surface area contributed by atoms with Crippen molar-refractivity contribution in [2.75, 3.05) is 62.6 Å². The van der Waals surface area contributed by atoms with Crippen molar-refractivity contribution in [3.05, 3.63) is 34.3 Å². The molecule has 1 aromatic heterocycles. The third-order valence-corrected chi connectivity index (χ3v) is 7.62. The van der Waals surface area contributed by atoms with E-state index in [-0.39, 0.29) is 23.1 Å². The Morgan fingerprint density at radius 1 is 0.974 bits per heavy atom. The number of nitrogens with one attached hydrogen (secondary N) is 2. The predicted molar refractivity (Wildman–Crippen MR) is 150 cm³/mol. The molecule has 0 bridgehead atoms. The zero-order valence-corrected chi connectivity index (χ0v) is 23.7. The molecular formula is C27H39N7O3S. The van der Waals surface area contributed by atoms with Crippen LogP contribution in [0.5, 0.6) is 0 Å². The van der Waals surface area contributed by atoms with Crippen LogP contribution in [0.25, 0.3) is 0 Å². The number of hydrogen-bond donors (Lipinski definition) is 2. The van der Waals surface area contributed by atoms with Gasteiger partial charge in [-0.1, -0.05) is 25.3 Å². The molecule has 0 unspecified atom stereocenters. The molecule has 2 aliphatic heterocycles. The number of aromatic nitrogens is 2. The summed E-state index contributed by atoms with van der Waals surface area (Å²) in [7, 11) is 0. The molecule has 3 amide bonds. The van der Waals surface area contributed by atoms with Gasteiger partial charge in [-0.3, -0.25) is 14.4 Å². The smallest absolute Gasteiger partial charge is 0.267 e. The van der Waals surface area contributed by atoms with Crippen molar-refractivity contribution in [3.63, 3.8) is 0 Å². The van der Waals surface area contributed by atoms with Gasteiger partial charge in [-0.25, -0.2) is 0 Å². The number of nitrogens with zero attached hydrogens (tertiary/aromatic N) is 5.